The summed E-state index contributed by atoms with van der Waals surface area (Å²) < 4.78 is 0. The van der Waals surface area contributed by atoms with Crippen molar-refractivity contribution in [2.45, 2.75) is 32.1 Å². The second kappa shape index (κ2) is 4.41. The zero-order valence-corrected chi connectivity index (χ0v) is 10.5. The van der Waals surface area contributed by atoms with Gasteiger partial charge in [0.25, 0.3) is 0 Å². The first-order valence-electron chi connectivity index (χ1n) is 6.35. The number of carbonyl (C=O) groups is 1. The van der Waals surface area contributed by atoms with Crippen molar-refractivity contribution < 1.29 is 4.79 Å². The molecule has 2 nitrogen and oxygen atoms in total. The van der Waals surface area contributed by atoms with E-state index < -0.39 is 0 Å². The summed E-state index contributed by atoms with van der Waals surface area (Å²) >= 11 is 6.04. The van der Waals surface area contributed by atoms with Gasteiger partial charge in [0.1, 0.15) is 5.78 Å². The second-order valence-electron chi connectivity index (χ2n) is 5.39. The van der Waals surface area contributed by atoms with E-state index >= 15 is 0 Å². The van der Waals surface area contributed by atoms with Crippen LogP contribution < -0.4 is 0 Å². The molecule has 0 amide bonds. The first kappa shape index (κ1) is 11.2. The summed E-state index contributed by atoms with van der Waals surface area (Å²) in [6.45, 7) is 0. The molecule has 0 aliphatic heterocycles. The minimum atomic E-state index is 0.304. The van der Waals surface area contributed by atoms with E-state index in [1.54, 1.807) is 12.4 Å². The van der Waals surface area contributed by atoms with Crippen LogP contribution in [0.5, 0.6) is 0 Å². The smallest absolute Gasteiger partial charge is 0.140 e. The van der Waals surface area contributed by atoms with Crippen LogP contribution in [-0.4, -0.2) is 10.8 Å². The summed E-state index contributed by atoms with van der Waals surface area (Å²) in [5.74, 6) is 2.17. The van der Waals surface area contributed by atoms with Crippen LogP contribution in [-0.2, 0) is 11.2 Å². The Bertz CT molecular complexity index is 446. The van der Waals surface area contributed by atoms with Crippen molar-refractivity contribution in [1.29, 1.82) is 0 Å². The minimum absolute atomic E-state index is 0.304. The molecular weight excluding hydrogens is 234 g/mol. The Labute approximate surface area is 106 Å². The van der Waals surface area contributed by atoms with Crippen molar-refractivity contribution >= 4 is 17.4 Å². The third-order valence-electron chi connectivity index (χ3n) is 4.37. The molecule has 2 saturated carbocycles. The maximum absolute atomic E-state index is 12.3. The van der Waals surface area contributed by atoms with E-state index in [9.17, 15) is 4.79 Å². The normalized spacial score (nSPS) is 30.8. The number of hydrogen-bond acceptors (Lipinski definition) is 2. The maximum Gasteiger partial charge on any atom is 0.140 e. The van der Waals surface area contributed by atoms with Crippen LogP contribution in [0.25, 0.3) is 0 Å². The van der Waals surface area contributed by atoms with Crippen LogP contribution in [0.15, 0.2) is 18.5 Å². The number of ketones is 1. The molecule has 3 heteroatoms. The Morgan fingerprint density at radius 2 is 2.29 bits per heavy atom. The van der Waals surface area contributed by atoms with Gasteiger partial charge in [0.05, 0.1) is 5.02 Å². The molecule has 2 fully saturated rings. The average molecular weight is 250 g/mol. The van der Waals surface area contributed by atoms with E-state index in [0.717, 1.165) is 17.9 Å². The van der Waals surface area contributed by atoms with Gasteiger partial charge in [0.15, 0.2) is 0 Å². The predicted octanol–water partition coefficient (Wildman–Crippen LogP) is 3.28. The van der Waals surface area contributed by atoms with Crippen LogP contribution in [0, 0.1) is 17.8 Å². The lowest BCUT2D eigenvalue weighted by molar-refractivity contribution is -0.123. The molecule has 0 spiro atoms. The van der Waals surface area contributed by atoms with Gasteiger partial charge in [-0.3, -0.25) is 9.78 Å². The molecule has 2 aliphatic rings. The largest absolute Gasteiger partial charge is 0.299 e. The molecule has 3 rings (SSSR count). The van der Waals surface area contributed by atoms with E-state index in [0.29, 0.717) is 29.1 Å². The Morgan fingerprint density at radius 1 is 1.41 bits per heavy atom. The number of rotatable bonds is 3. The molecule has 1 aromatic heterocycles. The number of aromatic nitrogens is 1. The van der Waals surface area contributed by atoms with Crippen molar-refractivity contribution in [3.05, 3.63) is 29.0 Å². The topological polar surface area (TPSA) is 30.0 Å². The van der Waals surface area contributed by atoms with Crippen molar-refractivity contribution in [1.82, 2.24) is 4.98 Å². The Kier molecular flexibility index (Phi) is 2.91. The molecule has 0 N–H and O–H groups in total. The average Bonchev–Trinajstić information content (AvgIpc) is 2.94. The lowest BCUT2D eigenvalue weighted by atomic mass is 9.84. The Balaban J connectivity index is 1.70. The molecule has 0 aromatic carbocycles. The molecule has 90 valence electrons. The van der Waals surface area contributed by atoms with Crippen LogP contribution in [0.1, 0.15) is 31.2 Å². The van der Waals surface area contributed by atoms with Crippen LogP contribution >= 0.6 is 11.6 Å². The molecule has 0 radical (unpaired) electrons. The first-order chi connectivity index (χ1) is 8.24. The molecule has 0 saturated heterocycles. The first-order valence-corrected chi connectivity index (χ1v) is 6.73. The number of Topliss-reactive ketones (excluding diaryl/α,β-unsaturated/α-hetero) is 1. The lowest BCUT2D eigenvalue weighted by Crippen LogP contribution is -2.22. The maximum atomic E-state index is 12.3. The molecule has 1 aromatic rings. The number of fused-ring (bicyclic) bond motifs is 2. The van der Waals surface area contributed by atoms with Crippen LogP contribution in [0.4, 0.5) is 0 Å². The van der Waals surface area contributed by atoms with Gasteiger partial charge in [0.2, 0.25) is 0 Å². The van der Waals surface area contributed by atoms with Gasteiger partial charge < -0.3 is 0 Å². The minimum Gasteiger partial charge on any atom is -0.299 e. The van der Waals surface area contributed by atoms with Gasteiger partial charge in [-0.05, 0) is 42.7 Å². The molecular formula is C14H16ClNO. The highest BCUT2D eigenvalue weighted by Gasteiger charge is 2.42. The summed E-state index contributed by atoms with van der Waals surface area (Å²) in [7, 11) is 0. The summed E-state index contributed by atoms with van der Waals surface area (Å²) in [4.78, 5) is 16.2. The standard InChI is InChI=1S/C14H16ClNO/c15-13-8-16-4-3-11(13)7-14(17)12-6-9-1-2-10(12)5-9/h3-4,8-10,12H,1-2,5-7H2. The summed E-state index contributed by atoms with van der Waals surface area (Å²) in [5.41, 5.74) is 0.925. The number of carbonyl (C=O) groups excluding carboxylic acids is 1. The molecule has 2 bridgehead atoms. The molecule has 3 unspecified atom stereocenters. The van der Waals surface area contributed by atoms with Gasteiger partial charge in [-0.2, -0.15) is 0 Å². The molecule has 17 heavy (non-hydrogen) atoms. The molecule has 3 atom stereocenters. The lowest BCUT2D eigenvalue weighted by Gasteiger charge is -2.20. The van der Waals surface area contributed by atoms with E-state index in [-0.39, 0.29) is 0 Å². The third kappa shape index (κ3) is 2.11. The number of pyridine rings is 1. The van der Waals surface area contributed by atoms with E-state index in [4.69, 9.17) is 11.6 Å². The summed E-state index contributed by atoms with van der Waals surface area (Å²) in [6.07, 6.45) is 8.79. The Morgan fingerprint density at radius 3 is 2.94 bits per heavy atom. The van der Waals surface area contributed by atoms with E-state index in [1.165, 1.54) is 19.3 Å². The third-order valence-corrected chi connectivity index (χ3v) is 4.71. The van der Waals surface area contributed by atoms with E-state index in [2.05, 4.69) is 4.98 Å². The van der Waals surface area contributed by atoms with Crippen LogP contribution in [0.2, 0.25) is 5.02 Å². The second-order valence-corrected chi connectivity index (χ2v) is 5.80. The highest BCUT2D eigenvalue weighted by molar-refractivity contribution is 6.31. The zero-order valence-electron chi connectivity index (χ0n) is 9.73. The van der Waals surface area contributed by atoms with Gasteiger partial charge >= 0.3 is 0 Å². The highest BCUT2D eigenvalue weighted by Crippen LogP contribution is 2.48. The fourth-order valence-electron chi connectivity index (χ4n) is 3.51. The van der Waals surface area contributed by atoms with Crippen molar-refractivity contribution in [3.63, 3.8) is 0 Å². The highest BCUT2D eigenvalue weighted by atomic mass is 35.5. The monoisotopic (exact) mass is 249 g/mol. The fourth-order valence-corrected chi connectivity index (χ4v) is 3.69. The van der Waals surface area contributed by atoms with Crippen molar-refractivity contribution in [2.75, 3.05) is 0 Å². The number of nitrogens with zero attached hydrogens (tertiary/aromatic N) is 1. The summed E-state index contributed by atoms with van der Waals surface area (Å²) in [6, 6.07) is 1.85. The quantitative estimate of drug-likeness (QED) is 0.823. The fraction of sp³-hybridized carbons (Fsp3) is 0.571. The van der Waals surface area contributed by atoms with Crippen LogP contribution in [0.3, 0.4) is 0 Å². The van der Waals surface area contributed by atoms with Gasteiger partial charge in [-0.1, -0.05) is 18.0 Å². The van der Waals surface area contributed by atoms with Gasteiger partial charge in [-0.15, -0.1) is 0 Å². The van der Waals surface area contributed by atoms with Gasteiger partial charge in [0, 0.05) is 24.7 Å². The summed E-state index contributed by atoms with van der Waals surface area (Å²) in [5, 5.41) is 0.615. The SMILES string of the molecule is O=C(Cc1ccncc1Cl)C1CC2CCC1C2. The molecule has 1 heterocycles. The predicted molar refractivity (Wildman–Crippen MR) is 66.9 cm³/mol. The van der Waals surface area contributed by atoms with Gasteiger partial charge in [-0.25, -0.2) is 0 Å². The zero-order chi connectivity index (χ0) is 11.8. The van der Waals surface area contributed by atoms with E-state index in [1.807, 2.05) is 6.07 Å². The molecule has 2 aliphatic carbocycles. The number of halogens is 1. The number of hydrogen-bond donors (Lipinski definition) is 0. The Hall–Kier alpha value is -0.890. The van der Waals surface area contributed by atoms with Crippen molar-refractivity contribution in [2.24, 2.45) is 17.8 Å². The van der Waals surface area contributed by atoms with Crippen molar-refractivity contribution in [3.8, 4) is 0 Å².